The first-order chi connectivity index (χ1) is 8.61. The van der Waals surface area contributed by atoms with Crippen LogP contribution in [-0.4, -0.2) is 32.3 Å². The number of hydrogen-bond donors (Lipinski definition) is 0. The summed E-state index contributed by atoms with van der Waals surface area (Å²) in [6.07, 6.45) is 1.81. The van der Waals surface area contributed by atoms with Gasteiger partial charge in [0.1, 0.15) is 10.8 Å². The second-order valence-corrected chi connectivity index (χ2v) is 5.06. The molecule has 7 heteroatoms. The lowest BCUT2D eigenvalue weighted by atomic mass is 10.5. The Kier molecular flexibility index (Phi) is 3.71. The van der Waals surface area contributed by atoms with Crippen LogP contribution in [0.1, 0.15) is 33.3 Å². The standard InChI is InChI=1S/C11H14N4O2S/c1-4-17-11(16)10-14-13-8(3)15(10)6-9-12-5-7(2)18-9/h5H,4,6H2,1-3H3. The van der Waals surface area contributed by atoms with E-state index in [4.69, 9.17) is 4.74 Å². The SMILES string of the molecule is CCOC(=O)c1nnc(C)n1Cc1ncc(C)s1. The van der Waals surface area contributed by atoms with Gasteiger partial charge < -0.3 is 4.74 Å². The van der Waals surface area contributed by atoms with Crippen LogP contribution in [-0.2, 0) is 11.3 Å². The molecule has 96 valence electrons. The van der Waals surface area contributed by atoms with Crippen LogP contribution in [0.3, 0.4) is 0 Å². The fourth-order valence-corrected chi connectivity index (χ4v) is 2.30. The Bertz CT molecular complexity index is 561. The maximum absolute atomic E-state index is 11.7. The average molecular weight is 266 g/mol. The molecule has 0 aliphatic heterocycles. The number of ether oxygens (including phenoxy) is 1. The Balaban J connectivity index is 2.26. The summed E-state index contributed by atoms with van der Waals surface area (Å²) in [5.74, 6) is 0.444. The monoisotopic (exact) mass is 266 g/mol. The zero-order chi connectivity index (χ0) is 13.1. The lowest BCUT2D eigenvalue weighted by Gasteiger charge is -2.05. The van der Waals surface area contributed by atoms with Crippen molar-refractivity contribution < 1.29 is 9.53 Å². The third-order valence-corrected chi connectivity index (χ3v) is 3.25. The molecule has 0 aromatic carbocycles. The van der Waals surface area contributed by atoms with Gasteiger partial charge in [0, 0.05) is 11.1 Å². The van der Waals surface area contributed by atoms with E-state index in [-0.39, 0.29) is 5.82 Å². The second-order valence-electron chi connectivity index (χ2n) is 3.74. The highest BCUT2D eigenvalue weighted by atomic mass is 32.1. The molecule has 0 fully saturated rings. The quantitative estimate of drug-likeness (QED) is 0.786. The summed E-state index contributed by atoms with van der Waals surface area (Å²) in [6.45, 7) is 6.37. The van der Waals surface area contributed by atoms with Crippen molar-refractivity contribution in [1.82, 2.24) is 19.7 Å². The maximum atomic E-state index is 11.7. The molecule has 2 heterocycles. The van der Waals surface area contributed by atoms with Gasteiger partial charge in [0.2, 0.25) is 5.82 Å². The first kappa shape index (κ1) is 12.7. The number of nitrogens with zero attached hydrogens (tertiary/aromatic N) is 4. The van der Waals surface area contributed by atoms with Crippen LogP contribution in [0.2, 0.25) is 0 Å². The fourth-order valence-electron chi connectivity index (χ4n) is 1.53. The molecule has 0 saturated heterocycles. The minimum Gasteiger partial charge on any atom is -0.460 e. The Morgan fingerprint density at radius 2 is 2.22 bits per heavy atom. The molecule has 0 atom stereocenters. The highest BCUT2D eigenvalue weighted by Gasteiger charge is 2.18. The van der Waals surface area contributed by atoms with Crippen LogP contribution in [0.5, 0.6) is 0 Å². The highest BCUT2D eigenvalue weighted by molar-refractivity contribution is 7.11. The number of esters is 1. The molecule has 0 aliphatic carbocycles. The molecule has 18 heavy (non-hydrogen) atoms. The third-order valence-electron chi connectivity index (χ3n) is 2.36. The van der Waals surface area contributed by atoms with Gasteiger partial charge in [0.15, 0.2) is 0 Å². The van der Waals surface area contributed by atoms with E-state index in [1.807, 2.05) is 13.1 Å². The lowest BCUT2D eigenvalue weighted by molar-refractivity contribution is 0.0506. The highest BCUT2D eigenvalue weighted by Crippen LogP contribution is 2.14. The van der Waals surface area contributed by atoms with Gasteiger partial charge in [-0.1, -0.05) is 0 Å². The van der Waals surface area contributed by atoms with Gasteiger partial charge in [-0.2, -0.15) is 0 Å². The van der Waals surface area contributed by atoms with Crippen molar-refractivity contribution in [2.24, 2.45) is 0 Å². The Hall–Kier alpha value is -1.76. The van der Waals surface area contributed by atoms with Crippen LogP contribution >= 0.6 is 11.3 Å². The van der Waals surface area contributed by atoms with Crippen LogP contribution < -0.4 is 0 Å². The fraction of sp³-hybridized carbons (Fsp3) is 0.455. The summed E-state index contributed by atoms with van der Waals surface area (Å²) in [7, 11) is 0. The topological polar surface area (TPSA) is 69.9 Å². The largest absolute Gasteiger partial charge is 0.460 e. The summed E-state index contributed by atoms with van der Waals surface area (Å²) in [6, 6.07) is 0. The first-order valence-corrected chi connectivity index (χ1v) is 6.41. The molecule has 2 aromatic rings. The number of aryl methyl sites for hydroxylation is 2. The van der Waals surface area contributed by atoms with E-state index in [9.17, 15) is 4.79 Å². The summed E-state index contributed by atoms with van der Waals surface area (Å²) in [5.41, 5.74) is 0. The zero-order valence-electron chi connectivity index (χ0n) is 10.5. The van der Waals surface area contributed by atoms with Gasteiger partial charge in [0.25, 0.3) is 0 Å². The molecule has 2 rings (SSSR count). The van der Waals surface area contributed by atoms with Crippen molar-refractivity contribution in [2.75, 3.05) is 6.61 Å². The first-order valence-electron chi connectivity index (χ1n) is 5.60. The van der Waals surface area contributed by atoms with E-state index in [0.29, 0.717) is 19.0 Å². The van der Waals surface area contributed by atoms with E-state index in [1.165, 1.54) is 0 Å². The van der Waals surface area contributed by atoms with Crippen molar-refractivity contribution >= 4 is 17.3 Å². The minimum atomic E-state index is -0.452. The second kappa shape index (κ2) is 5.26. The molecule has 2 aromatic heterocycles. The van der Waals surface area contributed by atoms with Crippen LogP contribution in [0.4, 0.5) is 0 Å². The van der Waals surface area contributed by atoms with Gasteiger partial charge in [-0.3, -0.25) is 4.57 Å². The average Bonchev–Trinajstić information content (AvgIpc) is 2.88. The van der Waals surface area contributed by atoms with Gasteiger partial charge in [-0.25, -0.2) is 9.78 Å². The number of hydrogen-bond acceptors (Lipinski definition) is 6. The molecule has 0 N–H and O–H groups in total. The van der Waals surface area contributed by atoms with E-state index in [2.05, 4.69) is 15.2 Å². The van der Waals surface area contributed by atoms with Crippen molar-refractivity contribution in [3.05, 3.63) is 27.7 Å². The van der Waals surface area contributed by atoms with Crippen LogP contribution in [0.25, 0.3) is 0 Å². The van der Waals surface area contributed by atoms with Crippen molar-refractivity contribution in [3.63, 3.8) is 0 Å². The third kappa shape index (κ3) is 2.56. The molecule has 0 amide bonds. The normalized spacial score (nSPS) is 10.6. The number of thiazole rings is 1. The Morgan fingerprint density at radius 3 is 2.83 bits per heavy atom. The van der Waals surface area contributed by atoms with E-state index in [0.717, 1.165) is 9.88 Å². The molecular weight excluding hydrogens is 252 g/mol. The molecule has 0 aliphatic rings. The predicted molar refractivity (Wildman–Crippen MR) is 66.7 cm³/mol. The van der Waals surface area contributed by atoms with E-state index < -0.39 is 5.97 Å². The van der Waals surface area contributed by atoms with Crippen molar-refractivity contribution in [3.8, 4) is 0 Å². The summed E-state index contributed by atoms with van der Waals surface area (Å²) < 4.78 is 6.66. The van der Waals surface area contributed by atoms with Gasteiger partial charge >= 0.3 is 5.97 Å². The summed E-state index contributed by atoms with van der Waals surface area (Å²) in [5, 5.41) is 8.68. The number of aromatic nitrogens is 4. The summed E-state index contributed by atoms with van der Waals surface area (Å²) >= 11 is 1.59. The number of carbonyl (C=O) groups is 1. The van der Waals surface area contributed by atoms with Gasteiger partial charge in [-0.05, 0) is 20.8 Å². The number of rotatable bonds is 4. The zero-order valence-corrected chi connectivity index (χ0v) is 11.3. The van der Waals surface area contributed by atoms with Crippen molar-refractivity contribution in [2.45, 2.75) is 27.3 Å². The molecule has 0 radical (unpaired) electrons. The van der Waals surface area contributed by atoms with Gasteiger partial charge in [-0.15, -0.1) is 21.5 Å². The van der Waals surface area contributed by atoms with E-state index >= 15 is 0 Å². The van der Waals surface area contributed by atoms with Crippen LogP contribution in [0, 0.1) is 13.8 Å². The maximum Gasteiger partial charge on any atom is 0.376 e. The predicted octanol–water partition coefficient (Wildman–Crippen LogP) is 1.58. The molecule has 0 unspecified atom stereocenters. The Labute approximate surface area is 109 Å². The van der Waals surface area contributed by atoms with E-state index in [1.54, 1.807) is 29.8 Å². The minimum absolute atomic E-state index is 0.224. The summed E-state index contributed by atoms with van der Waals surface area (Å²) in [4.78, 5) is 17.1. The Morgan fingerprint density at radius 1 is 1.44 bits per heavy atom. The van der Waals surface area contributed by atoms with Crippen molar-refractivity contribution in [1.29, 1.82) is 0 Å². The molecule has 6 nitrogen and oxygen atoms in total. The smallest absolute Gasteiger partial charge is 0.376 e. The molecule has 0 saturated carbocycles. The molecule has 0 bridgehead atoms. The molecule has 0 spiro atoms. The van der Waals surface area contributed by atoms with Gasteiger partial charge in [0.05, 0.1) is 13.2 Å². The molecular formula is C11H14N4O2S. The van der Waals surface area contributed by atoms with Crippen LogP contribution in [0.15, 0.2) is 6.20 Å². The number of carbonyl (C=O) groups excluding carboxylic acids is 1. The lowest BCUT2D eigenvalue weighted by Crippen LogP contribution is -2.15.